The minimum atomic E-state index is 0.448. The summed E-state index contributed by atoms with van der Waals surface area (Å²) in [5.41, 5.74) is 5.57. The highest BCUT2D eigenvalue weighted by Gasteiger charge is 2.56. The maximum Gasteiger partial charge on any atom is 0.0617 e. The van der Waals surface area contributed by atoms with Crippen LogP contribution in [0.15, 0.2) is 6.07 Å². The highest BCUT2D eigenvalue weighted by Crippen LogP contribution is 2.56. The Hall–Kier alpha value is -1.05. The number of fused-ring (bicyclic) bond motifs is 2. The lowest BCUT2D eigenvalue weighted by Gasteiger charge is -2.37. The van der Waals surface area contributed by atoms with Crippen LogP contribution in [-0.2, 0) is 0 Å². The maximum atomic E-state index is 4.70. The van der Waals surface area contributed by atoms with E-state index in [2.05, 4.69) is 52.5 Å². The molecule has 2 nitrogen and oxygen atoms in total. The van der Waals surface area contributed by atoms with Crippen LogP contribution in [0.25, 0.3) is 0 Å². The summed E-state index contributed by atoms with van der Waals surface area (Å²) in [5, 5.41) is 0. The lowest BCUT2D eigenvalue weighted by atomic mass is 9.80. The summed E-state index contributed by atoms with van der Waals surface area (Å²) in [6.07, 6.45) is 2.74. The third-order valence-electron chi connectivity index (χ3n) is 5.67. The molecular formula is C17H26N2. The predicted molar refractivity (Wildman–Crippen MR) is 80.7 cm³/mol. The number of anilines is 1. The molecule has 19 heavy (non-hydrogen) atoms. The standard InChI is InChI=1S/C17H26N2/c1-10-9-11(2)18-12(3)16(10)19-13(4)14-7-8-15(19)17(14,5)6/h9,13-15H,7-8H2,1-6H3/t13-,14?,15?/m0/s1. The van der Waals surface area contributed by atoms with E-state index in [4.69, 9.17) is 4.98 Å². The van der Waals surface area contributed by atoms with Crippen LogP contribution in [0.5, 0.6) is 0 Å². The van der Waals surface area contributed by atoms with Crippen LogP contribution in [0.4, 0.5) is 5.69 Å². The zero-order valence-corrected chi connectivity index (χ0v) is 13.1. The van der Waals surface area contributed by atoms with Crippen LogP contribution < -0.4 is 4.90 Å². The summed E-state index contributed by atoms with van der Waals surface area (Å²) < 4.78 is 0. The smallest absolute Gasteiger partial charge is 0.0617 e. The summed E-state index contributed by atoms with van der Waals surface area (Å²) in [4.78, 5) is 7.39. The topological polar surface area (TPSA) is 16.1 Å². The zero-order valence-electron chi connectivity index (χ0n) is 13.1. The molecule has 1 aliphatic heterocycles. The highest BCUT2D eigenvalue weighted by atomic mass is 15.3. The first-order valence-corrected chi connectivity index (χ1v) is 7.57. The summed E-state index contributed by atoms with van der Waals surface area (Å²) in [7, 11) is 0. The molecule has 2 heteroatoms. The Bertz CT molecular complexity index is 495. The number of nitrogens with zero attached hydrogens (tertiary/aromatic N) is 2. The number of rotatable bonds is 1. The molecule has 104 valence electrons. The molecule has 0 aromatic carbocycles. The Morgan fingerprint density at radius 3 is 2.42 bits per heavy atom. The second-order valence-corrected chi connectivity index (χ2v) is 7.18. The van der Waals surface area contributed by atoms with Gasteiger partial charge < -0.3 is 4.90 Å². The molecule has 1 aromatic heterocycles. The van der Waals surface area contributed by atoms with Crippen molar-refractivity contribution in [2.45, 2.75) is 66.5 Å². The average molecular weight is 258 g/mol. The van der Waals surface area contributed by atoms with Gasteiger partial charge in [-0.15, -0.1) is 0 Å². The Morgan fingerprint density at radius 2 is 1.89 bits per heavy atom. The van der Waals surface area contributed by atoms with Crippen LogP contribution in [0, 0.1) is 32.1 Å². The van der Waals surface area contributed by atoms with Gasteiger partial charge in [-0.2, -0.15) is 0 Å². The van der Waals surface area contributed by atoms with Crippen molar-refractivity contribution < 1.29 is 0 Å². The zero-order chi connectivity index (χ0) is 13.9. The normalized spacial score (nSPS) is 32.1. The molecule has 2 heterocycles. The number of pyridine rings is 1. The minimum absolute atomic E-state index is 0.448. The molecule has 1 saturated carbocycles. The van der Waals surface area contributed by atoms with Gasteiger partial charge in [0.1, 0.15) is 0 Å². The van der Waals surface area contributed by atoms with Crippen LogP contribution in [0.2, 0.25) is 0 Å². The number of hydrogen-bond acceptors (Lipinski definition) is 2. The third kappa shape index (κ3) is 1.65. The molecule has 0 N–H and O–H groups in total. The van der Waals surface area contributed by atoms with Crippen molar-refractivity contribution >= 4 is 5.69 Å². The van der Waals surface area contributed by atoms with E-state index in [0.29, 0.717) is 17.5 Å². The number of piperidine rings is 1. The molecule has 0 spiro atoms. The van der Waals surface area contributed by atoms with E-state index >= 15 is 0 Å². The van der Waals surface area contributed by atoms with Crippen LogP contribution >= 0.6 is 0 Å². The summed E-state index contributed by atoms with van der Waals surface area (Å²) in [6, 6.07) is 3.57. The first-order valence-electron chi connectivity index (χ1n) is 7.57. The SMILES string of the molecule is Cc1cc(C)c(N2C3CCC([C@@H]2C)C3(C)C)c(C)n1. The molecule has 3 atom stereocenters. The summed E-state index contributed by atoms with van der Waals surface area (Å²) >= 11 is 0. The van der Waals surface area contributed by atoms with Gasteiger partial charge in [0.25, 0.3) is 0 Å². The second-order valence-electron chi connectivity index (χ2n) is 7.18. The minimum Gasteiger partial charge on any atom is -0.363 e. The van der Waals surface area contributed by atoms with Crippen LogP contribution in [0.3, 0.4) is 0 Å². The van der Waals surface area contributed by atoms with Gasteiger partial charge in [-0.1, -0.05) is 13.8 Å². The van der Waals surface area contributed by atoms with Crippen molar-refractivity contribution in [1.82, 2.24) is 4.98 Å². The van der Waals surface area contributed by atoms with Gasteiger partial charge in [-0.05, 0) is 63.5 Å². The van der Waals surface area contributed by atoms with E-state index in [1.165, 1.54) is 29.8 Å². The van der Waals surface area contributed by atoms with E-state index in [9.17, 15) is 0 Å². The third-order valence-corrected chi connectivity index (χ3v) is 5.67. The Balaban J connectivity index is 2.09. The van der Waals surface area contributed by atoms with Gasteiger partial charge in [-0.25, -0.2) is 0 Å². The number of aromatic nitrogens is 1. The molecule has 1 aromatic rings. The molecule has 0 radical (unpaired) electrons. The van der Waals surface area contributed by atoms with Gasteiger partial charge >= 0.3 is 0 Å². The number of hydrogen-bond donors (Lipinski definition) is 0. The molecule has 2 unspecified atom stereocenters. The predicted octanol–water partition coefficient (Wildman–Crippen LogP) is 4.02. The second kappa shape index (κ2) is 3.97. The molecule has 0 amide bonds. The van der Waals surface area contributed by atoms with E-state index in [1.807, 2.05) is 0 Å². The fraction of sp³-hybridized carbons (Fsp3) is 0.706. The Labute approximate surface area is 117 Å². The van der Waals surface area contributed by atoms with E-state index in [0.717, 1.165) is 11.6 Å². The van der Waals surface area contributed by atoms with Gasteiger partial charge in [0, 0.05) is 17.8 Å². The van der Waals surface area contributed by atoms with Gasteiger partial charge in [-0.3, -0.25) is 4.98 Å². The van der Waals surface area contributed by atoms with Crippen molar-refractivity contribution in [3.05, 3.63) is 23.0 Å². The molecule has 1 saturated heterocycles. The Morgan fingerprint density at radius 1 is 1.21 bits per heavy atom. The lowest BCUT2D eigenvalue weighted by Crippen LogP contribution is -2.41. The molecule has 2 bridgehead atoms. The van der Waals surface area contributed by atoms with Gasteiger partial charge in [0.15, 0.2) is 0 Å². The number of aryl methyl sites for hydroxylation is 3. The maximum absolute atomic E-state index is 4.70. The van der Waals surface area contributed by atoms with E-state index in [-0.39, 0.29) is 0 Å². The molecule has 2 aliphatic rings. The lowest BCUT2D eigenvalue weighted by molar-refractivity contribution is 0.286. The first-order chi connectivity index (χ1) is 8.84. The van der Waals surface area contributed by atoms with Crippen LogP contribution in [0.1, 0.15) is 50.6 Å². The fourth-order valence-electron chi connectivity index (χ4n) is 4.93. The largest absolute Gasteiger partial charge is 0.363 e. The monoisotopic (exact) mass is 258 g/mol. The summed E-state index contributed by atoms with van der Waals surface area (Å²) in [5.74, 6) is 0.831. The van der Waals surface area contributed by atoms with E-state index in [1.54, 1.807) is 0 Å². The fourth-order valence-corrected chi connectivity index (χ4v) is 4.93. The molecular weight excluding hydrogens is 232 g/mol. The summed E-state index contributed by atoms with van der Waals surface area (Å²) in [6.45, 7) is 13.8. The Kier molecular flexibility index (Phi) is 2.71. The van der Waals surface area contributed by atoms with E-state index < -0.39 is 0 Å². The quantitative estimate of drug-likeness (QED) is 0.756. The van der Waals surface area contributed by atoms with Crippen molar-refractivity contribution in [2.75, 3.05) is 4.90 Å². The van der Waals surface area contributed by atoms with Crippen molar-refractivity contribution in [1.29, 1.82) is 0 Å². The van der Waals surface area contributed by atoms with Crippen molar-refractivity contribution in [3.8, 4) is 0 Å². The van der Waals surface area contributed by atoms with Crippen LogP contribution in [-0.4, -0.2) is 17.1 Å². The highest BCUT2D eigenvalue weighted by molar-refractivity contribution is 5.60. The van der Waals surface area contributed by atoms with Gasteiger partial charge in [0.2, 0.25) is 0 Å². The molecule has 2 fully saturated rings. The van der Waals surface area contributed by atoms with Gasteiger partial charge in [0.05, 0.1) is 11.4 Å². The first kappa shape index (κ1) is 13.0. The average Bonchev–Trinajstić information content (AvgIpc) is 2.66. The molecule has 3 rings (SSSR count). The molecule has 1 aliphatic carbocycles. The van der Waals surface area contributed by atoms with Crippen molar-refractivity contribution in [3.63, 3.8) is 0 Å². The van der Waals surface area contributed by atoms with Crippen molar-refractivity contribution in [2.24, 2.45) is 11.3 Å².